The Balaban J connectivity index is 1.53. The van der Waals surface area contributed by atoms with Gasteiger partial charge < -0.3 is 10.0 Å². The summed E-state index contributed by atoms with van der Waals surface area (Å²) in [6.07, 6.45) is 1.78. The lowest BCUT2D eigenvalue weighted by molar-refractivity contribution is -0.133. The fourth-order valence-corrected chi connectivity index (χ4v) is 2.85. The molecule has 0 aliphatic carbocycles. The van der Waals surface area contributed by atoms with Crippen molar-refractivity contribution < 1.29 is 14.7 Å². The molecule has 1 aliphatic heterocycles. The van der Waals surface area contributed by atoms with Gasteiger partial charge in [0.15, 0.2) is 0 Å². The van der Waals surface area contributed by atoms with Crippen LogP contribution in [0.2, 0.25) is 0 Å². The van der Waals surface area contributed by atoms with E-state index in [2.05, 4.69) is 10.5 Å². The largest absolute Gasteiger partial charge is 0.507 e. The summed E-state index contributed by atoms with van der Waals surface area (Å²) in [7, 11) is 0. The minimum atomic E-state index is -0.367. The molecule has 0 unspecified atom stereocenters. The minimum Gasteiger partial charge on any atom is -0.507 e. The molecular formula is C19H19N3O3. The molecule has 1 aliphatic rings. The Hall–Kier alpha value is -3.15. The maximum absolute atomic E-state index is 12.1. The zero-order valence-electron chi connectivity index (χ0n) is 13.6. The van der Waals surface area contributed by atoms with Crippen molar-refractivity contribution in [1.82, 2.24) is 10.3 Å². The quantitative estimate of drug-likeness (QED) is 0.645. The van der Waals surface area contributed by atoms with Gasteiger partial charge in [0.1, 0.15) is 12.3 Å². The van der Waals surface area contributed by atoms with Crippen LogP contribution in [-0.2, 0) is 9.59 Å². The van der Waals surface area contributed by atoms with E-state index in [9.17, 15) is 14.7 Å². The maximum Gasteiger partial charge on any atom is 0.259 e. The number of carbonyl (C=O) groups excluding carboxylic acids is 2. The summed E-state index contributed by atoms with van der Waals surface area (Å²) in [5.74, 6) is -0.199. The van der Waals surface area contributed by atoms with Gasteiger partial charge in [-0.05, 0) is 17.7 Å². The highest BCUT2D eigenvalue weighted by Gasteiger charge is 2.31. The van der Waals surface area contributed by atoms with Crippen LogP contribution in [0.15, 0.2) is 59.7 Å². The number of nitrogens with zero attached hydrogens (tertiary/aromatic N) is 2. The number of likely N-dealkylation sites (tertiary alicyclic amines) is 1. The van der Waals surface area contributed by atoms with E-state index in [1.807, 2.05) is 30.3 Å². The van der Waals surface area contributed by atoms with E-state index in [1.54, 1.807) is 23.1 Å². The number of para-hydroxylation sites is 1. The normalized spacial score (nSPS) is 17.2. The Kier molecular flexibility index (Phi) is 5.09. The molecular weight excluding hydrogens is 318 g/mol. The van der Waals surface area contributed by atoms with Crippen LogP contribution >= 0.6 is 0 Å². The molecule has 25 heavy (non-hydrogen) atoms. The lowest BCUT2D eigenvalue weighted by Gasteiger charge is -2.15. The number of phenolic OH excluding ortho intramolecular Hbond substituents is 1. The predicted molar refractivity (Wildman–Crippen MR) is 94.2 cm³/mol. The molecule has 0 radical (unpaired) electrons. The molecule has 1 fully saturated rings. The van der Waals surface area contributed by atoms with Gasteiger partial charge in [-0.2, -0.15) is 5.10 Å². The van der Waals surface area contributed by atoms with Crippen molar-refractivity contribution in [3.8, 4) is 5.75 Å². The van der Waals surface area contributed by atoms with E-state index >= 15 is 0 Å². The van der Waals surface area contributed by atoms with Crippen molar-refractivity contribution in [3.63, 3.8) is 0 Å². The van der Waals surface area contributed by atoms with E-state index in [4.69, 9.17) is 0 Å². The van der Waals surface area contributed by atoms with Crippen molar-refractivity contribution in [1.29, 1.82) is 0 Å². The number of benzene rings is 2. The predicted octanol–water partition coefficient (Wildman–Crippen LogP) is 1.86. The van der Waals surface area contributed by atoms with E-state index < -0.39 is 0 Å². The van der Waals surface area contributed by atoms with E-state index in [0.29, 0.717) is 18.5 Å². The standard InChI is InChI=1S/C19H19N3O3/c23-17-9-5-4-8-15(17)11-20-21-18(24)13-22-12-16(10-19(22)25)14-6-2-1-3-7-14/h1-9,11,16,23H,10,12-13H2,(H,21,24)/b20-11-/t16-/m0/s1. The second-order valence-electron chi connectivity index (χ2n) is 5.94. The fraction of sp³-hybridized carbons (Fsp3) is 0.211. The smallest absolute Gasteiger partial charge is 0.259 e. The number of phenols is 1. The molecule has 128 valence electrons. The Bertz CT molecular complexity index is 790. The fourth-order valence-electron chi connectivity index (χ4n) is 2.85. The van der Waals surface area contributed by atoms with Gasteiger partial charge in [-0.1, -0.05) is 42.5 Å². The number of carbonyl (C=O) groups is 2. The third-order valence-corrected chi connectivity index (χ3v) is 4.15. The van der Waals surface area contributed by atoms with Gasteiger partial charge in [-0.25, -0.2) is 5.43 Å². The molecule has 2 N–H and O–H groups in total. The van der Waals surface area contributed by atoms with Gasteiger partial charge in [0, 0.05) is 24.4 Å². The van der Waals surface area contributed by atoms with Crippen molar-refractivity contribution in [3.05, 3.63) is 65.7 Å². The molecule has 6 nitrogen and oxygen atoms in total. The second kappa shape index (κ2) is 7.61. The first-order valence-electron chi connectivity index (χ1n) is 8.06. The summed E-state index contributed by atoms with van der Waals surface area (Å²) in [5.41, 5.74) is 4.00. The topological polar surface area (TPSA) is 82.0 Å². The van der Waals surface area contributed by atoms with Crippen molar-refractivity contribution in [2.45, 2.75) is 12.3 Å². The molecule has 2 aromatic rings. The molecule has 1 saturated heterocycles. The summed E-state index contributed by atoms with van der Waals surface area (Å²) in [4.78, 5) is 25.6. The van der Waals surface area contributed by atoms with Gasteiger partial charge in [-0.3, -0.25) is 9.59 Å². The molecule has 6 heteroatoms. The van der Waals surface area contributed by atoms with Crippen molar-refractivity contribution in [2.24, 2.45) is 5.10 Å². The molecule has 0 bridgehead atoms. The molecule has 0 spiro atoms. The van der Waals surface area contributed by atoms with Crippen molar-refractivity contribution in [2.75, 3.05) is 13.1 Å². The zero-order valence-corrected chi connectivity index (χ0v) is 13.6. The minimum absolute atomic E-state index is 0.0275. The molecule has 2 aromatic carbocycles. The lowest BCUT2D eigenvalue weighted by Crippen LogP contribution is -2.36. The van der Waals surface area contributed by atoms with Gasteiger partial charge in [0.25, 0.3) is 5.91 Å². The number of hydrogen-bond acceptors (Lipinski definition) is 4. The number of aromatic hydroxyl groups is 1. The summed E-state index contributed by atoms with van der Waals surface area (Å²) < 4.78 is 0. The van der Waals surface area contributed by atoms with E-state index in [-0.39, 0.29) is 30.0 Å². The highest BCUT2D eigenvalue weighted by molar-refractivity contribution is 5.88. The number of hydrazone groups is 1. The lowest BCUT2D eigenvalue weighted by atomic mass is 9.99. The number of nitrogens with one attached hydrogen (secondary N) is 1. The van der Waals surface area contributed by atoms with Crippen LogP contribution in [0.1, 0.15) is 23.5 Å². The first-order valence-corrected chi connectivity index (χ1v) is 8.06. The average Bonchev–Trinajstić information content (AvgIpc) is 2.98. The van der Waals surface area contributed by atoms with Crippen LogP contribution in [0.25, 0.3) is 0 Å². The van der Waals surface area contributed by atoms with Crippen LogP contribution in [-0.4, -0.2) is 41.1 Å². The van der Waals surface area contributed by atoms with Crippen LogP contribution in [0.5, 0.6) is 5.75 Å². The first-order chi connectivity index (χ1) is 12.1. The van der Waals surface area contributed by atoms with Crippen molar-refractivity contribution >= 4 is 18.0 Å². The van der Waals surface area contributed by atoms with Crippen LogP contribution < -0.4 is 5.43 Å². The summed E-state index contributed by atoms with van der Waals surface area (Å²) in [5, 5.41) is 13.4. The number of rotatable bonds is 5. The van der Waals surface area contributed by atoms with Gasteiger partial charge in [0.05, 0.1) is 6.21 Å². The summed E-state index contributed by atoms with van der Waals surface area (Å²) in [6.45, 7) is 0.500. The highest BCUT2D eigenvalue weighted by atomic mass is 16.3. The first kappa shape index (κ1) is 16.7. The zero-order chi connectivity index (χ0) is 17.6. The van der Waals surface area contributed by atoms with Crippen LogP contribution in [0, 0.1) is 0 Å². The van der Waals surface area contributed by atoms with Gasteiger partial charge >= 0.3 is 0 Å². The highest BCUT2D eigenvalue weighted by Crippen LogP contribution is 2.27. The van der Waals surface area contributed by atoms with E-state index in [1.165, 1.54) is 12.3 Å². The van der Waals surface area contributed by atoms with E-state index in [0.717, 1.165) is 5.56 Å². The monoisotopic (exact) mass is 337 g/mol. The van der Waals surface area contributed by atoms with Gasteiger partial charge in [0.2, 0.25) is 5.91 Å². The van der Waals surface area contributed by atoms with Crippen LogP contribution in [0.4, 0.5) is 0 Å². The molecule has 1 atom stereocenters. The summed E-state index contributed by atoms with van der Waals surface area (Å²) >= 11 is 0. The molecule has 0 aromatic heterocycles. The average molecular weight is 337 g/mol. The number of hydrogen-bond donors (Lipinski definition) is 2. The number of amides is 2. The Morgan fingerprint density at radius 3 is 2.68 bits per heavy atom. The van der Waals surface area contributed by atoms with Gasteiger partial charge in [-0.15, -0.1) is 0 Å². The summed E-state index contributed by atoms with van der Waals surface area (Å²) in [6, 6.07) is 16.5. The maximum atomic E-state index is 12.1. The molecule has 3 rings (SSSR count). The Morgan fingerprint density at radius 2 is 1.92 bits per heavy atom. The third-order valence-electron chi connectivity index (χ3n) is 4.15. The second-order valence-corrected chi connectivity index (χ2v) is 5.94. The third kappa shape index (κ3) is 4.23. The molecule has 2 amide bonds. The molecule has 0 saturated carbocycles. The van der Waals surface area contributed by atoms with Crippen LogP contribution in [0.3, 0.4) is 0 Å². The Labute approximate surface area is 145 Å². The SMILES string of the molecule is O=C(CN1C[C@@H](c2ccccc2)CC1=O)N/N=C\c1ccccc1O. The molecule has 1 heterocycles. The Morgan fingerprint density at radius 1 is 1.20 bits per heavy atom.